The van der Waals surface area contributed by atoms with Crippen LogP contribution in [-0.2, 0) is 13.0 Å². The fourth-order valence-corrected chi connectivity index (χ4v) is 4.08. The maximum absolute atomic E-state index is 13.2. The molecule has 8 nitrogen and oxygen atoms in total. The van der Waals surface area contributed by atoms with Gasteiger partial charge in [-0.15, -0.1) is 0 Å². The molecule has 4 aromatic rings. The Bertz CT molecular complexity index is 1500. The van der Waals surface area contributed by atoms with Gasteiger partial charge in [0.2, 0.25) is 5.75 Å². The molecule has 4 rings (SSSR count). The zero-order valence-electron chi connectivity index (χ0n) is 18.6. The van der Waals surface area contributed by atoms with Crippen LogP contribution in [0.2, 0.25) is 5.02 Å². The van der Waals surface area contributed by atoms with E-state index in [1.54, 1.807) is 42.5 Å². The topological polar surface area (TPSA) is 99.6 Å². The van der Waals surface area contributed by atoms with E-state index >= 15 is 0 Å². The highest BCUT2D eigenvalue weighted by Crippen LogP contribution is 2.31. The Balaban J connectivity index is 1.78. The van der Waals surface area contributed by atoms with Crippen molar-refractivity contribution in [1.29, 1.82) is 0 Å². The maximum Gasteiger partial charge on any atom is 0.311 e. The van der Waals surface area contributed by atoms with Gasteiger partial charge in [0.25, 0.3) is 5.56 Å². The molecule has 0 spiro atoms. The number of para-hydroxylation sites is 1. The van der Waals surface area contributed by atoms with E-state index in [4.69, 9.17) is 16.3 Å². The van der Waals surface area contributed by atoms with Crippen molar-refractivity contribution in [2.24, 2.45) is 5.10 Å². The van der Waals surface area contributed by atoms with Crippen LogP contribution in [0, 0.1) is 10.1 Å². The van der Waals surface area contributed by atoms with Gasteiger partial charge in [-0.25, -0.2) is 4.98 Å². The summed E-state index contributed by atoms with van der Waals surface area (Å²) >= 11 is 9.59. The summed E-state index contributed by atoms with van der Waals surface area (Å²) in [4.78, 5) is 29.0. The Labute approximate surface area is 214 Å². The van der Waals surface area contributed by atoms with Gasteiger partial charge in [-0.1, -0.05) is 58.7 Å². The predicted molar refractivity (Wildman–Crippen MR) is 140 cm³/mol. The van der Waals surface area contributed by atoms with Crippen LogP contribution in [0.1, 0.15) is 30.3 Å². The Morgan fingerprint density at radius 2 is 2.00 bits per heavy atom. The van der Waals surface area contributed by atoms with Crippen molar-refractivity contribution in [3.8, 4) is 5.75 Å². The van der Waals surface area contributed by atoms with Gasteiger partial charge in [-0.3, -0.25) is 14.9 Å². The van der Waals surface area contributed by atoms with Crippen molar-refractivity contribution in [3.05, 3.63) is 108 Å². The third-order valence-electron chi connectivity index (χ3n) is 5.21. The number of benzene rings is 3. The number of fused-ring (bicyclic) bond motifs is 1. The number of rotatable bonds is 8. The van der Waals surface area contributed by atoms with Crippen LogP contribution in [0.25, 0.3) is 10.9 Å². The first kappa shape index (κ1) is 24.6. The molecule has 35 heavy (non-hydrogen) atoms. The van der Waals surface area contributed by atoms with Gasteiger partial charge in [0.15, 0.2) is 0 Å². The fourth-order valence-electron chi connectivity index (χ4n) is 3.53. The van der Waals surface area contributed by atoms with Crippen molar-refractivity contribution in [2.75, 3.05) is 0 Å². The lowest BCUT2D eigenvalue weighted by molar-refractivity contribution is -0.385. The first-order chi connectivity index (χ1) is 16.9. The molecule has 0 N–H and O–H groups in total. The second-order valence-corrected chi connectivity index (χ2v) is 8.96. The van der Waals surface area contributed by atoms with Crippen LogP contribution in [-0.4, -0.2) is 20.8 Å². The first-order valence-corrected chi connectivity index (χ1v) is 11.9. The number of halogens is 2. The third-order valence-corrected chi connectivity index (χ3v) is 6.07. The number of aryl methyl sites for hydroxylation is 1. The number of nitro benzene ring substituents is 1. The summed E-state index contributed by atoms with van der Waals surface area (Å²) in [6.07, 6.45) is 2.66. The number of nitrogens with zero attached hydrogens (tertiary/aromatic N) is 4. The summed E-state index contributed by atoms with van der Waals surface area (Å²) in [6, 6.07) is 16.9. The molecule has 1 aromatic heterocycles. The molecule has 0 aliphatic carbocycles. The van der Waals surface area contributed by atoms with E-state index in [0.717, 1.165) is 10.9 Å². The van der Waals surface area contributed by atoms with Crippen molar-refractivity contribution < 1.29 is 9.66 Å². The quantitative estimate of drug-likeness (QED) is 0.148. The molecule has 0 saturated heterocycles. The van der Waals surface area contributed by atoms with Crippen LogP contribution in [0.4, 0.5) is 5.69 Å². The molecular weight excluding hydrogens is 536 g/mol. The molecule has 0 atom stereocenters. The second kappa shape index (κ2) is 10.8. The molecule has 0 unspecified atom stereocenters. The average molecular weight is 556 g/mol. The number of aromatic nitrogens is 2. The lowest BCUT2D eigenvalue weighted by Gasteiger charge is -2.11. The minimum Gasteiger partial charge on any atom is -0.481 e. The zero-order valence-corrected chi connectivity index (χ0v) is 21.0. The van der Waals surface area contributed by atoms with Gasteiger partial charge in [0.1, 0.15) is 12.4 Å². The Hall–Kier alpha value is -3.56. The summed E-state index contributed by atoms with van der Waals surface area (Å²) in [5.41, 5.74) is 1.05. The van der Waals surface area contributed by atoms with Crippen molar-refractivity contribution in [3.63, 3.8) is 0 Å². The second-order valence-electron chi connectivity index (χ2n) is 7.63. The van der Waals surface area contributed by atoms with E-state index in [1.807, 2.05) is 13.0 Å². The van der Waals surface area contributed by atoms with Gasteiger partial charge in [0, 0.05) is 33.1 Å². The Morgan fingerprint density at radius 1 is 1.20 bits per heavy atom. The molecule has 0 amide bonds. The minimum atomic E-state index is -0.525. The van der Waals surface area contributed by atoms with Crippen LogP contribution >= 0.6 is 27.5 Å². The van der Waals surface area contributed by atoms with Crippen LogP contribution < -0.4 is 10.3 Å². The van der Waals surface area contributed by atoms with E-state index in [9.17, 15) is 14.9 Å². The molecule has 0 bridgehead atoms. The Kier molecular flexibility index (Phi) is 7.57. The van der Waals surface area contributed by atoms with Crippen molar-refractivity contribution >= 4 is 50.3 Å². The van der Waals surface area contributed by atoms with Crippen LogP contribution in [0.15, 0.2) is 75.0 Å². The molecule has 0 radical (unpaired) electrons. The van der Waals surface area contributed by atoms with Gasteiger partial charge in [-0.2, -0.15) is 9.78 Å². The number of hydrogen-bond acceptors (Lipinski definition) is 6. The lowest BCUT2D eigenvalue weighted by Crippen LogP contribution is -2.22. The van der Waals surface area contributed by atoms with Gasteiger partial charge >= 0.3 is 5.69 Å². The monoisotopic (exact) mass is 554 g/mol. The van der Waals surface area contributed by atoms with Gasteiger partial charge in [0.05, 0.1) is 22.0 Å². The van der Waals surface area contributed by atoms with E-state index in [1.165, 1.54) is 23.0 Å². The summed E-state index contributed by atoms with van der Waals surface area (Å²) in [7, 11) is 0. The SMILES string of the molecule is CCCc1nc2ccc(Br)cc2c(=O)n1N=Cc1cccc([N+](=O)[O-])c1OCc1ccccc1Cl. The number of hydrogen-bond donors (Lipinski definition) is 0. The standard InChI is InChI=1S/C25H20BrClN4O4/c1-2-6-23-29-21-12-11-18(26)13-19(21)25(32)30(23)28-14-16-8-5-10-22(31(33)34)24(16)35-15-17-7-3-4-9-20(17)27/h3-5,7-14H,2,6,15H2,1H3. The van der Waals surface area contributed by atoms with Crippen molar-refractivity contribution in [1.82, 2.24) is 9.66 Å². The zero-order chi connectivity index (χ0) is 24.9. The van der Waals surface area contributed by atoms with Crippen LogP contribution in [0.5, 0.6) is 5.75 Å². The van der Waals surface area contributed by atoms with E-state index in [2.05, 4.69) is 26.0 Å². The first-order valence-electron chi connectivity index (χ1n) is 10.8. The molecule has 0 aliphatic heterocycles. The summed E-state index contributed by atoms with van der Waals surface area (Å²) in [5, 5.41) is 17.0. The molecule has 0 aliphatic rings. The predicted octanol–water partition coefficient (Wildman–Crippen LogP) is 6.13. The summed E-state index contributed by atoms with van der Waals surface area (Å²) < 4.78 is 7.83. The largest absolute Gasteiger partial charge is 0.481 e. The maximum atomic E-state index is 13.2. The lowest BCUT2D eigenvalue weighted by atomic mass is 10.2. The number of nitro groups is 1. The van der Waals surface area contributed by atoms with Crippen LogP contribution in [0.3, 0.4) is 0 Å². The number of ether oxygens (including phenoxy) is 1. The summed E-state index contributed by atoms with van der Waals surface area (Å²) in [6.45, 7) is 2.01. The highest BCUT2D eigenvalue weighted by Gasteiger charge is 2.19. The molecule has 178 valence electrons. The van der Waals surface area contributed by atoms with Gasteiger partial charge in [-0.05, 0) is 36.8 Å². The molecule has 10 heteroatoms. The third kappa shape index (κ3) is 5.41. The molecule has 3 aromatic carbocycles. The Morgan fingerprint density at radius 3 is 2.74 bits per heavy atom. The van der Waals surface area contributed by atoms with E-state index in [0.29, 0.717) is 39.3 Å². The molecule has 1 heterocycles. The van der Waals surface area contributed by atoms with E-state index < -0.39 is 4.92 Å². The smallest absolute Gasteiger partial charge is 0.311 e. The average Bonchev–Trinajstić information content (AvgIpc) is 2.84. The highest BCUT2D eigenvalue weighted by molar-refractivity contribution is 9.10. The molecule has 0 fully saturated rings. The minimum absolute atomic E-state index is 0.0258. The summed E-state index contributed by atoms with van der Waals surface area (Å²) in [5.74, 6) is 0.523. The van der Waals surface area contributed by atoms with E-state index in [-0.39, 0.29) is 23.6 Å². The molecule has 0 saturated carbocycles. The van der Waals surface area contributed by atoms with Gasteiger partial charge < -0.3 is 4.74 Å². The highest BCUT2D eigenvalue weighted by atomic mass is 79.9. The van der Waals surface area contributed by atoms with Crippen molar-refractivity contribution in [2.45, 2.75) is 26.4 Å². The molecular formula is C25H20BrClN4O4. The fraction of sp³-hybridized carbons (Fsp3) is 0.160. The normalized spacial score (nSPS) is 11.3.